The fraction of sp³-hybridized carbons (Fsp3) is 0.429. The molecule has 0 radical (unpaired) electrons. The smallest absolute Gasteiger partial charge is 0.256 e. The number of rotatable bonds is 5. The van der Waals surface area contributed by atoms with Crippen LogP contribution in [-0.2, 0) is 4.79 Å². The molecule has 0 aliphatic carbocycles. The number of benzene rings is 1. The van der Waals surface area contributed by atoms with Gasteiger partial charge in [-0.1, -0.05) is 6.92 Å². The zero-order valence-corrected chi connectivity index (χ0v) is 11.6. The van der Waals surface area contributed by atoms with E-state index in [1.165, 1.54) is 0 Å². The number of nitrogens with zero attached hydrogens (tertiary/aromatic N) is 2. The summed E-state index contributed by atoms with van der Waals surface area (Å²) in [6.45, 7) is 2.29. The minimum absolute atomic E-state index is 0.113. The molecule has 0 saturated heterocycles. The molecule has 1 aliphatic heterocycles. The second-order valence-electron chi connectivity index (χ2n) is 4.80. The fourth-order valence-corrected chi connectivity index (χ4v) is 2.32. The van der Waals surface area contributed by atoms with Crippen molar-refractivity contribution in [1.29, 1.82) is 0 Å². The third-order valence-corrected chi connectivity index (χ3v) is 3.41. The van der Waals surface area contributed by atoms with Gasteiger partial charge in [0, 0.05) is 12.1 Å². The molecule has 21 heavy (non-hydrogen) atoms. The van der Waals surface area contributed by atoms with Crippen LogP contribution in [-0.4, -0.2) is 18.2 Å². The van der Waals surface area contributed by atoms with E-state index in [0.717, 1.165) is 17.1 Å². The average Bonchev–Trinajstić information content (AvgIpc) is 2.78. The standard InChI is InChI=1S/C14H16F3N3O/c1-2-12-9(4-3-5-18)14(21)20(19-12)8-6-10(15)13(17)11(16)7-8/h6-7,9H,2-5,18H2,1H3. The number of halogens is 3. The van der Waals surface area contributed by atoms with Gasteiger partial charge in [0.05, 0.1) is 17.3 Å². The van der Waals surface area contributed by atoms with Crippen molar-refractivity contribution >= 4 is 17.3 Å². The first-order valence-electron chi connectivity index (χ1n) is 6.75. The predicted molar refractivity (Wildman–Crippen MR) is 73.3 cm³/mol. The van der Waals surface area contributed by atoms with E-state index in [1.807, 2.05) is 6.92 Å². The van der Waals surface area contributed by atoms with Crippen molar-refractivity contribution in [1.82, 2.24) is 0 Å². The van der Waals surface area contributed by atoms with Gasteiger partial charge in [-0.3, -0.25) is 4.79 Å². The summed E-state index contributed by atoms with van der Waals surface area (Å²) in [6.07, 6.45) is 1.73. The van der Waals surface area contributed by atoms with E-state index in [9.17, 15) is 18.0 Å². The summed E-state index contributed by atoms with van der Waals surface area (Å²) in [5.74, 6) is -5.07. The van der Waals surface area contributed by atoms with Crippen molar-refractivity contribution in [3.05, 3.63) is 29.6 Å². The molecule has 2 rings (SSSR count). The molecule has 1 amide bonds. The van der Waals surface area contributed by atoms with Crippen LogP contribution in [0, 0.1) is 23.4 Å². The van der Waals surface area contributed by atoms with E-state index in [-0.39, 0.29) is 11.6 Å². The summed E-state index contributed by atoms with van der Waals surface area (Å²) in [7, 11) is 0. The Morgan fingerprint density at radius 1 is 1.29 bits per heavy atom. The second kappa shape index (κ2) is 6.26. The van der Waals surface area contributed by atoms with Crippen LogP contribution in [0.3, 0.4) is 0 Å². The molecule has 1 heterocycles. The zero-order chi connectivity index (χ0) is 15.6. The quantitative estimate of drug-likeness (QED) is 0.850. The van der Waals surface area contributed by atoms with Crippen LogP contribution in [0.25, 0.3) is 0 Å². The summed E-state index contributed by atoms with van der Waals surface area (Å²) in [5, 5.41) is 5.04. The van der Waals surface area contributed by atoms with E-state index >= 15 is 0 Å². The minimum Gasteiger partial charge on any atom is -0.330 e. The van der Waals surface area contributed by atoms with Crippen molar-refractivity contribution in [2.75, 3.05) is 11.6 Å². The molecule has 114 valence electrons. The lowest BCUT2D eigenvalue weighted by Crippen LogP contribution is -2.28. The van der Waals surface area contributed by atoms with Gasteiger partial charge in [-0.2, -0.15) is 5.10 Å². The average molecular weight is 299 g/mol. The molecule has 1 unspecified atom stereocenters. The van der Waals surface area contributed by atoms with E-state index in [1.54, 1.807) is 0 Å². The van der Waals surface area contributed by atoms with E-state index in [2.05, 4.69) is 5.10 Å². The maximum atomic E-state index is 13.3. The lowest BCUT2D eigenvalue weighted by Gasteiger charge is -2.14. The van der Waals surface area contributed by atoms with Crippen LogP contribution in [0.15, 0.2) is 17.2 Å². The Kier molecular flexibility index (Phi) is 4.62. The monoisotopic (exact) mass is 299 g/mol. The highest BCUT2D eigenvalue weighted by Crippen LogP contribution is 2.29. The van der Waals surface area contributed by atoms with Gasteiger partial charge in [0.15, 0.2) is 17.5 Å². The maximum Gasteiger partial charge on any atom is 0.256 e. The normalized spacial score (nSPS) is 18.3. The number of nitrogens with two attached hydrogens (primary N) is 1. The lowest BCUT2D eigenvalue weighted by atomic mass is 9.96. The number of amides is 1. The minimum atomic E-state index is -1.57. The third-order valence-electron chi connectivity index (χ3n) is 3.41. The Bertz CT molecular complexity index is 566. The molecule has 1 atom stereocenters. The third kappa shape index (κ3) is 2.92. The summed E-state index contributed by atoms with van der Waals surface area (Å²) in [4.78, 5) is 12.3. The molecule has 0 aromatic heterocycles. The number of hydrogen-bond donors (Lipinski definition) is 1. The number of carbonyl (C=O) groups is 1. The molecule has 2 N–H and O–H groups in total. The van der Waals surface area contributed by atoms with Crippen molar-refractivity contribution < 1.29 is 18.0 Å². The van der Waals surface area contributed by atoms with Crippen molar-refractivity contribution in [3.63, 3.8) is 0 Å². The molecule has 0 fully saturated rings. The van der Waals surface area contributed by atoms with Crippen LogP contribution in [0.2, 0.25) is 0 Å². The van der Waals surface area contributed by atoms with Gasteiger partial charge in [0.2, 0.25) is 0 Å². The van der Waals surface area contributed by atoms with Crippen molar-refractivity contribution in [2.24, 2.45) is 16.8 Å². The molecular formula is C14H16F3N3O. The number of carbonyl (C=O) groups excluding carboxylic acids is 1. The Hall–Kier alpha value is -1.89. The predicted octanol–water partition coefficient (Wildman–Crippen LogP) is 2.57. The van der Waals surface area contributed by atoms with Gasteiger partial charge >= 0.3 is 0 Å². The molecule has 1 aliphatic rings. The first-order chi connectivity index (χ1) is 9.99. The topological polar surface area (TPSA) is 58.7 Å². The van der Waals surface area contributed by atoms with Gasteiger partial charge < -0.3 is 5.73 Å². The first kappa shape index (κ1) is 15.5. The number of hydrazone groups is 1. The molecule has 1 aromatic rings. The highest BCUT2D eigenvalue weighted by atomic mass is 19.2. The Morgan fingerprint density at radius 2 is 1.90 bits per heavy atom. The van der Waals surface area contributed by atoms with Gasteiger partial charge in [-0.05, 0) is 25.8 Å². The number of anilines is 1. The molecule has 7 heteroatoms. The highest BCUT2D eigenvalue weighted by molar-refractivity contribution is 6.15. The summed E-state index contributed by atoms with van der Waals surface area (Å²) in [6, 6.07) is 1.52. The Labute approximate surface area is 120 Å². The molecule has 0 saturated carbocycles. The molecule has 0 spiro atoms. The summed E-state index contributed by atoms with van der Waals surface area (Å²) < 4.78 is 39.5. The fourth-order valence-electron chi connectivity index (χ4n) is 2.32. The second-order valence-corrected chi connectivity index (χ2v) is 4.80. The van der Waals surface area contributed by atoms with Gasteiger partial charge in [-0.15, -0.1) is 0 Å². The molecule has 1 aromatic carbocycles. The molecular weight excluding hydrogens is 283 g/mol. The zero-order valence-electron chi connectivity index (χ0n) is 11.6. The maximum absolute atomic E-state index is 13.3. The highest BCUT2D eigenvalue weighted by Gasteiger charge is 2.35. The molecule has 4 nitrogen and oxygen atoms in total. The van der Waals surface area contributed by atoms with Crippen LogP contribution < -0.4 is 10.7 Å². The Morgan fingerprint density at radius 3 is 2.43 bits per heavy atom. The van der Waals surface area contributed by atoms with Crippen LogP contribution in [0.5, 0.6) is 0 Å². The van der Waals surface area contributed by atoms with Crippen molar-refractivity contribution in [2.45, 2.75) is 26.2 Å². The van der Waals surface area contributed by atoms with E-state index < -0.39 is 23.4 Å². The first-order valence-corrected chi connectivity index (χ1v) is 6.75. The van der Waals surface area contributed by atoms with E-state index in [0.29, 0.717) is 31.5 Å². The Balaban J connectivity index is 2.33. The largest absolute Gasteiger partial charge is 0.330 e. The van der Waals surface area contributed by atoms with E-state index in [4.69, 9.17) is 5.73 Å². The van der Waals surface area contributed by atoms with Crippen LogP contribution in [0.1, 0.15) is 26.2 Å². The summed E-state index contributed by atoms with van der Waals surface area (Å²) >= 11 is 0. The van der Waals surface area contributed by atoms with Crippen molar-refractivity contribution in [3.8, 4) is 0 Å². The van der Waals surface area contributed by atoms with Gasteiger partial charge in [0.1, 0.15) is 0 Å². The van der Waals surface area contributed by atoms with Crippen LogP contribution >= 0.6 is 0 Å². The lowest BCUT2D eigenvalue weighted by molar-refractivity contribution is -0.119. The summed E-state index contributed by atoms with van der Waals surface area (Å²) in [5.41, 5.74) is 5.96. The number of hydrogen-bond acceptors (Lipinski definition) is 3. The van der Waals surface area contributed by atoms with Gasteiger partial charge in [-0.25, -0.2) is 18.2 Å². The van der Waals surface area contributed by atoms with Crippen LogP contribution in [0.4, 0.5) is 18.9 Å². The molecule has 0 bridgehead atoms. The van der Waals surface area contributed by atoms with Gasteiger partial charge in [0.25, 0.3) is 5.91 Å². The SMILES string of the molecule is CCC1=NN(c2cc(F)c(F)c(F)c2)C(=O)C1CCCN.